The first-order valence-electron chi connectivity index (χ1n) is 5.99. The van der Waals surface area contributed by atoms with Crippen LogP contribution >= 0.6 is 0 Å². The third-order valence-corrected chi connectivity index (χ3v) is 2.84. The molecule has 0 saturated carbocycles. The summed E-state index contributed by atoms with van der Waals surface area (Å²) in [4.78, 5) is 21.9. The molecule has 0 atom stereocenters. The number of phenols is 1. The number of hydrogen-bond acceptors (Lipinski definition) is 5. The molecule has 1 heterocycles. The molecular weight excluding hydrogens is 321 g/mol. The van der Waals surface area contributed by atoms with E-state index in [1.165, 1.54) is 0 Å². The van der Waals surface area contributed by atoms with E-state index < -0.39 is 39.8 Å². The van der Waals surface area contributed by atoms with E-state index in [0.29, 0.717) is 10.7 Å². The van der Waals surface area contributed by atoms with Crippen molar-refractivity contribution in [2.24, 2.45) is 7.05 Å². The Hall–Kier alpha value is -3.11. The highest BCUT2D eigenvalue weighted by Gasteiger charge is 2.35. The van der Waals surface area contributed by atoms with Crippen molar-refractivity contribution in [3.63, 3.8) is 0 Å². The summed E-state index contributed by atoms with van der Waals surface area (Å²) in [7, 11) is 1.14. The van der Waals surface area contributed by atoms with Crippen LogP contribution in [0.15, 0.2) is 24.3 Å². The van der Waals surface area contributed by atoms with Crippen LogP contribution in [0, 0.1) is 10.1 Å². The van der Waals surface area contributed by atoms with Gasteiger partial charge >= 0.3 is 6.18 Å². The van der Waals surface area contributed by atoms with E-state index in [1.54, 1.807) is 0 Å². The van der Waals surface area contributed by atoms with Crippen LogP contribution in [0.3, 0.4) is 0 Å². The van der Waals surface area contributed by atoms with E-state index >= 15 is 0 Å². The third kappa shape index (κ3) is 3.39. The van der Waals surface area contributed by atoms with Crippen molar-refractivity contribution in [3.05, 3.63) is 45.8 Å². The summed E-state index contributed by atoms with van der Waals surface area (Å²) >= 11 is 0. The highest BCUT2D eigenvalue weighted by molar-refractivity contribution is 6.04. The number of phenolic OH excluding ortho intramolecular Hbond substituents is 1. The molecule has 0 bridgehead atoms. The second kappa shape index (κ2) is 5.59. The topological polar surface area (TPSA) is 110 Å². The molecule has 0 unspecified atom stereocenters. The first-order valence-corrected chi connectivity index (χ1v) is 5.99. The molecule has 2 aromatic rings. The molecule has 0 saturated heterocycles. The first kappa shape index (κ1) is 16.3. The van der Waals surface area contributed by atoms with Gasteiger partial charge in [0.05, 0.1) is 10.6 Å². The molecule has 0 fully saturated rings. The summed E-state index contributed by atoms with van der Waals surface area (Å²) in [5, 5.41) is 25.5. The lowest BCUT2D eigenvalue weighted by Crippen LogP contribution is -2.16. The second-order valence-electron chi connectivity index (χ2n) is 4.45. The fourth-order valence-corrected chi connectivity index (χ4v) is 1.74. The van der Waals surface area contributed by atoms with E-state index in [1.807, 2.05) is 0 Å². The van der Waals surface area contributed by atoms with Crippen LogP contribution in [0.4, 0.5) is 24.5 Å². The number of alkyl halides is 3. The number of nitrogens with one attached hydrogen (secondary N) is 1. The molecule has 1 aromatic carbocycles. The van der Waals surface area contributed by atoms with Crippen molar-refractivity contribution in [1.29, 1.82) is 0 Å². The Balaban J connectivity index is 2.31. The lowest BCUT2D eigenvalue weighted by Gasteiger charge is -2.07. The second-order valence-corrected chi connectivity index (χ2v) is 4.45. The van der Waals surface area contributed by atoms with Crippen molar-refractivity contribution in [1.82, 2.24) is 9.78 Å². The van der Waals surface area contributed by atoms with E-state index in [0.717, 1.165) is 25.2 Å². The standard InChI is InChI=1S/C12H9F3N4O4/c1-18-8(5-10(17-18)12(13,14)15)11(21)16-7-4-6(19(22)23)2-3-9(7)20/h2-5,20H,1H3,(H,16,21). The van der Waals surface area contributed by atoms with Crippen molar-refractivity contribution < 1.29 is 28.0 Å². The largest absolute Gasteiger partial charge is 0.506 e. The first-order chi connectivity index (χ1) is 10.6. The van der Waals surface area contributed by atoms with E-state index in [2.05, 4.69) is 10.4 Å². The van der Waals surface area contributed by atoms with Crippen LogP contribution in [-0.2, 0) is 13.2 Å². The number of anilines is 1. The van der Waals surface area contributed by atoms with Gasteiger partial charge in [-0.3, -0.25) is 19.6 Å². The number of non-ortho nitro benzene ring substituents is 1. The molecule has 0 aliphatic heterocycles. The number of amides is 1. The van der Waals surface area contributed by atoms with Gasteiger partial charge in [0.15, 0.2) is 5.69 Å². The Morgan fingerprint density at radius 2 is 2.04 bits per heavy atom. The average molecular weight is 330 g/mol. The van der Waals surface area contributed by atoms with Gasteiger partial charge in [0.25, 0.3) is 11.6 Å². The number of carbonyl (C=O) groups is 1. The van der Waals surface area contributed by atoms with E-state index in [9.17, 15) is 33.2 Å². The van der Waals surface area contributed by atoms with Gasteiger partial charge in [-0.1, -0.05) is 0 Å². The molecule has 0 radical (unpaired) electrons. The van der Waals surface area contributed by atoms with Crippen LogP contribution in [0.1, 0.15) is 16.2 Å². The Bertz CT molecular complexity index is 785. The molecule has 0 aliphatic carbocycles. The fraction of sp³-hybridized carbons (Fsp3) is 0.167. The number of halogens is 3. The molecule has 0 spiro atoms. The van der Waals surface area contributed by atoms with Gasteiger partial charge in [-0.25, -0.2) is 0 Å². The minimum Gasteiger partial charge on any atom is -0.506 e. The molecule has 2 rings (SSSR count). The summed E-state index contributed by atoms with van der Waals surface area (Å²) in [6.45, 7) is 0. The van der Waals surface area contributed by atoms with Crippen molar-refractivity contribution in [2.45, 2.75) is 6.18 Å². The zero-order valence-corrected chi connectivity index (χ0v) is 11.5. The number of nitrogens with zero attached hydrogens (tertiary/aromatic N) is 3. The maximum atomic E-state index is 12.6. The number of rotatable bonds is 3. The monoisotopic (exact) mass is 330 g/mol. The number of carbonyl (C=O) groups excluding carboxylic acids is 1. The number of nitro groups is 1. The minimum absolute atomic E-state index is 0.307. The Morgan fingerprint density at radius 1 is 1.39 bits per heavy atom. The number of hydrogen-bond donors (Lipinski definition) is 2. The van der Waals surface area contributed by atoms with Gasteiger partial charge in [0, 0.05) is 25.2 Å². The lowest BCUT2D eigenvalue weighted by atomic mass is 10.2. The number of aromatic hydroxyl groups is 1. The Morgan fingerprint density at radius 3 is 2.57 bits per heavy atom. The van der Waals surface area contributed by atoms with E-state index in [4.69, 9.17) is 0 Å². The predicted molar refractivity (Wildman–Crippen MR) is 70.9 cm³/mol. The number of aromatic nitrogens is 2. The molecule has 23 heavy (non-hydrogen) atoms. The van der Waals surface area contributed by atoms with Crippen molar-refractivity contribution >= 4 is 17.3 Å². The Labute approximate surface area is 126 Å². The molecule has 11 heteroatoms. The maximum absolute atomic E-state index is 12.6. The van der Waals surface area contributed by atoms with Gasteiger partial charge in [-0.05, 0) is 6.07 Å². The van der Waals surface area contributed by atoms with Gasteiger partial charge in [-0.2, -0.15) is 18.3 Å². The zero-order valence-electron chi connectivity index (χ0n) is 11.5. The van der Waals surface area contributed by atoms with Crippen LogP contribution in [0.5, 0.6) is 5.75 Å². The van der Waals surface area contributed by atoms with Crippen LogP contribution in [0.25, 0.3) is 0 Å². The summed E-state index contributed by atoms with van der Waals surface area (Å²) < 4.78 is 38.4. The smallest absolute Gasteiger partial charge is 0.435 e. The Kier molecular flexibility index (Phi) is 3.95. The summed E-state index contributed by atoms with van der Waals surface area (Å²) in [6.07, 6.45) is -4.72. The quantitative estimate of drug-likeness (QED) is 0.510. The summed E-state index contributed by atoms with van der Waals surface area (Å²) in [5.41, 5.74) is -2.39. The van der Waals surface area contributed by atoms with Gasteiger partial charge in [0.2, 0.25) is 0 Å². The summed E-state index contributed by atoms with van der Waals surface area (Å²) in [6, 6.07) is 3.41. The molecular formula is C12H9F3N4O4. The molecule has 1 amide bonds. The average Bonchev–Trinajstić information content (AvgIpc) is 2.83. The lowest BCUT2D eigenvalue weighted by molar-refractivity contribution is -0.384. The zero-order chi connectivity index (χ0) is 17.4. The van der Waals surface area contributed by atoms with Crippen LogP contribution in [-0.4, -0.2) is 25.7 Å². The third-order valence-electron chi connectivity index (χ3n) is 2.84. The molecule has 122 valence electrons. The fourth-order valence-electron chi connectivity index (χ4n) is 1.74. The molecule has 8 nitrogen and oxygen atoms in total. The van der Waals surface area contributed by atoms with Crippen molar-refractivity contribution in [3.8, 4) is 5.75 Å². The van der Waals surface area contributed by atoms with Crippen molar-refractivity contribution in [2.75, 3.05) is 5.32 Å². The van der Waals surface area contributed by atoms with E-state index in [-0.39, 0.29) is 5.69 Å². The minimum atomic E-state index is -4.72. The van der Waals surface area contributed by atoms with Gasteiger partial charge in [0.1, 0.15) is 11.4 Å². The molecule has 0 aliphatic rings. The maximum Gasteiger partial charge on any atom is 0.435 e. The number of aryl methyl sites for hydroxylation is 1. The van der Waals surface area contributed by atoms with Crippen LogP contribution < -0.4 is 5.32 Å². The number of nitro benzene ring substituents is 1. The van der Waals surface area contributed by atoms with Crippen LogP contribution in [0.2, 0.25) is 0 Å². The number of benzene rings is 1. The van der Waals surface area contributed by atoms with Gasteiger partial charge < -0.3 is 10.4 Å². The van der Waals surface area contributed by atoms with Gasteiger partial charge in [-0.15, -0.1) is 0 Å². The normalized spacial score (nSPS) is 11.3. The SMILES string of the molecule is Cn1nc(C(F)(F)F)cc1C(=O)Nc1cc([N+](=O)[O-])ccc1O. The highest BCUT2D eigenvalue weighted by atomic mass is 19.4. The predicted octanol–water partition coefficient (Wildman–Crippen LogP) is 2.31. The highest BCUT2D eigenvalue weighted by Crippen LogP contribution is 2.30. The molecule has 2 N–H and O–H groups in total. The molecule has 1 aromatic heterocycles. The summed E-state index contributed by atoms with van der Waals surface area (Å²) in [5.74, 6) is -1.48.